The molecular weight excluding hydrogens is 254 g/mol. The third kappa shape index (κ3) is 2.05. The lowest BCUT2D eigenvalue weighted by Crippen LogP contribution is -2.23. The van der Waals surface area contributed by atoms with Crippen LogP contribution in [0.4, 0.5) is 0 Å². The zero-order chi connectivity index (χ0) is 15.0. The van der Waals surface area contributed by atoms with E-state index in [2.05, 4.69) is 11.6 Å². The molecule has 0 aromatic carbocycles. The van der Waals surface area contributed by atoms with Gasteiger partial charge in [0, 0.05) is 31.5 Å². The van der Waals surface area contributed by atoms with Gasteiger partial charge in [-0.15, -0.1) is 6.58 Å². The Bertz CT molecular complexity index is 699. The fourth-order valence-electron chi connectivity index (χ4n) is 2.20. The Hall–Kier alpha value is -2.30. The largest absolute Gasteiger partial charge is 0.504 e. The number of carbonyl (C=O) groups is 1. The van der Waals surface area contributed by atoms with Crippen molar-refractivity contribution in [2.75, 3.05) is 14.1 Å². The van der Waals surface area contributed by atoms with Crippen molar-refractivity contribution in [3.05, 3.63) is 41.4 Å². The number of nitrogens with zero attached hydrogens (tertiary/aromatic N) is 3. The minimum Gasteiger partial charge on any atom is -0.504 e. The van der Waals surface area contributed by atoms with Crippen molar-refractivity contribution < 1.29 is 9.90 Å². The molecule has 2 aromatic rings. The molecule has 1 N–H and O–H groups in total. The highest BCUT2D eigenvalue weighted by Gasteiger charge is 2.21. The van der Waals surface area contributed by atoms with E-state index < -0.39 is 0 Å². The molecule has 0 saturated carbocycles. The fraction of sp³-hybridized carbons (Fsp3) is 0.333. The van der Waals surface area contributed by atoms with Gasteiger partial charge in [0.15, 0.2) is 11.4 Å². The Labute approximate surface area is 118 Å². The van der Waals surface area contributed by atoms with Gasteiger partial charge in [-0.1, -0.05) is 6.08 Å². The number of rotatable bonds is 3. The van der Waals surface area contributed by atoms with Gasteiger partial charge in [0.2, 0.25) is 0 Å². The summed E-state index contributed by atoms with van der Waals surface area (Å²) in [6.07, 6.45) is 3.83. The minimum atomic E-state index is -0.148. The Morgan fingerprint density at radius 3 is 2.70 bits per heavy atom. The third-order valence-electron chi connectivity index (χ3n) is 3.45. The van der Waals surface area contributed by atoms with Crippen molar-refractivity contribution in [1.29, 1.82) is 0 Å². The second-order valence-electron chi connectivity index (χ2n) is 5.04. The minimum absolute atomic E-state index is 0.0498. The molecule has 0 aliphatic carbocycles. The number of carbonyl (C=O) groups excluding carboxylic acids is 1. The molecule has 20 heavy (non-hydrogen) atoms. The van der Waals surface area contributed by atoms with E-state index in [9.17, 15) is 9.90 Å². The van der Waals surface area contributed by atoms with Crippen LogP contribution in [-0.2, 0) is 6.42 Å². The van der Waals surface area contributed by atoms with Crippen molar-refractivity contribution in [2.24, 2.45) is 0 Å². The van der Waals surface area contributed by atoms with E-state index in [4.69, 9.17) is 0 Å². The molecule has 0 saturated heterocycles. The van der Waals surface area contributed by atoms with Gasteiger partial charge in [-0.2, -0.15) is 0 Å². The van der Waals surface area contributed by atoms with Crippen LogP contribution in [0.15, 0.2) is 18.9 Å². The zero-order valence-corrected chi connectivity index (χ0v) is 12.3. The molecule has 0 spiro atoms. The van der Waals surface area contributed by atoms with E-state index >= 15 is 0 Å². The molecule has 5 heteroatoms. The molecule has 0 bridgehead atoms. The first-order valence-corrected chi connectivity index (χ1v) is 6.41. The molecule has 0 fully saturated rings. The summed E-state index contributed by atoms with van der Waals surface area (Å²) >= 11 is 0. The Kier molecular flexibility index (Phi) is 3.53. The summed E-state index contributed by atoms with van der Waals surface area (Å²) in [7, 11) is 3.38. The molecule has 2 aromatic heterocycles. The lowest BCUT2D eigenvalue weighted by molar-refractivity contribution is 0.0825. The number of aromatic nitrogens is 2. The lowest BCUT2D eigenvalue weighted by Gasteiger charge is -2.15. The smallest absolute Gasteiger partial charge is 0.255 e. The van der Waals surface area contributed by atoms with Crippen LogP contribution in [0.3, 0.4) is 0 Å². The Morgan fingerprint density at radius 2 is 2.15 bits per heavy atom. The maximum absolute atomic E-state index is 12.3. The number of fused-ring (bicyclic) bond motifs is 1. The van der Waals surface area contributed by atoms with E-state index in [-0.39, 0.29) is 11.7 Å². The maximum Gasteiger partial charge on any atom is 0.255 e. The normalized spacial score (nSPS) is 10.8. The summed E-state index contributed by atoms with van der Waals surface area (Å²) in [5, 5.41) is 10.4. The summed E-state index contributed by atoms with van der Waals surface area (Å²) in [5.74, 6) is -0.0985. The lowest BCUT2D eigenvalue weighted by atomic mass is 10.0. The standard InChI is InChI=1S/C15H19N3O2/c1-6-7-11-12(15(20)17(4)5)8-18-10(3)9(2)16-14(18)13(11)19/h6,8,19H,1,7H2,2-5H3. The topological polar surface area (TPSA) is 57.8 Å². The average Bonchev–Trinajstić information content (AvgIpc) is 2.69. The van der Waals surface area contributed by atoms with Gasteiger partial charge < -0.3 is 14.4 Å². The van der Waals surface area contributed by atoms with Crippen LogP contribution in [0.1, 0.15) is 27.3 Å². The highest BCUT2D eigenvalue weighted by molar-refractivity contribution is 5.96. The van der Waals surface area contributed by atoms with Crippen LogP contribution in [0, 0.1) is 13.8 Å². The number of pyridine rings is 1. The van der Waals surface area contributed by atoms with Crippen LogP contribution in [-0.4, -0.2) is 39.4 Å². The van der Waals surface area contributed by atoms with E-state index in [1.807, 2.05) is 13.8 Å². The van der Waals surface area contributed by atoms with E-state index in [0.29, 0.717) is 23.2 Å². The van der Waals surface area contributed by atoms with Gasteiger partial charge >= 0.3 is 0 Å². The highest BCUT2D eigenvalue weighted by atomic mass is 16.3. The molecule has 2 rings (SSSR count). The zero-order valence-electron chi connectivity index (χ0n) is 12.3. The van der Waals surface area contributed by atoms with Gasteiger partial charge in [-0.25, -0.2) is 4.98 Å². The first-order chi connectivity index (χ1) is 9.38. The number of hydrogen-bond donors (Lipinski definition) is 1. The van der Waals surface area contributed by atoms with E-state index in [1.165, 1.54) is 4.90 Å². The van der Waals surface area contributed by atoms with Gasteiger partial charge in [-0.3, -0.25) is 4.79 Å². The molecule has 106 valence electrons. The molecule has 0 aliphatic rings. The van der Waals surface area contributed by atoms with E-state index in [1.54, 1.807) is 30.8 Å². The van der Waals surface area contributed by atoms with Crippen molar-refractivity contribution in [3.63, 3.8) is 0 Å². The Balaban J connectivity index is 2.83. The molecule has 0 radical (unpaired) electrons. The number of aromatic hydroxyl groups is 1. The van der Waals surface area contributed by atoms with Crippen LogP contribution in [0.25, 0.3) is 5.65 Å². The van der Waals surface area contributed by atoms with Crippen molar-refractivity contribution in [2.45, 2.75) is 20.3 Å². The first kappa shape index (κ1) is 14.1. The van der Waals surface area contributed by atoms with Crippen LogP contribution in [0.5, 0.6) is 5.75 Å². The molecule has 0 atom stereocenters. The van der Waals surface area contributed by atoms with Crippen molar-refractivity contribution in [1.82, 2.24) is 14.3 Å². The van der Waals surface area contributed by atoms with Crippen molar-refractivity contribution >= 4 is 11.6 Å². The Morgan fingerprint density at radius 1 is 1.50 bits per heavy atom. The maximum atomic E-state index is 12.3. The summed E-state index contributed by atoms with van der Waals surface area (Å²) in [5.41, 5.74) is 3.26. The number of allylic oxidation sites excluding steroid dienone is 1. The molecule has 0 aliphatic heterocycles. The highest BCUT2D eigenvalue weighted by Crippen LogP contribution is 2.29. The molecular formula is C15H19N3O2. The third-order valence-corrected chi connectivity index (χ3v) is 3.45. The SMILES string of the molecule is C=CCc1c(C(=O)N(C)C)cn2c(C)c(C)nc2c1O. The van der Waals surface area contributed by atoms with Crippen LogP contribution >= 0.6 is 0 Å². The summed E-state index contributed by atoms with van der Waals surface area (Å²) < 4.78 is 1.76. The van der Waals surface area contributed by atoms with Gasteiger partial charge in [0.05, 0.1) is 11.3 Å². The first-order valence-electron chi connectivity index (χ1n) is 6.41. The van der Waals surface area contributed by atoms with Gasteiger partial charge in [0.1, 0.15) is 0 Å². The quantitative estimate of drug-likeness (QED) is 0.871. The number of imidazole rings is 1. The van der Waals surface area contributed by atoms with Gasteiger partial charge in [-0.05, 0) is 20.3 Å². The summed E-state index contributed by atoms with van der Waals surface area (Å²) in [6.45, 7) is 7.47. The monoisotopic (exact) mass is 273 g/mol. The summed E-state index contributed by atoms with van der Waals surface area (Å²) in [6, 6.07) is 0. The van der Waals surface area contributed by atoms with Gasteiger partial charge in [0.25, 0.3) is 5.91 Å². The fourth-order valence-corrected chi connectivity index (χ4v) is 2.20. The predicted molar refractivity (Wildman–Crippen MR) is 78.2 cm³/mol. The molecule has 0 unspecified atom stereocenters. The second kappa shape index (κ2) is 5.00. The number of aryl methyl sites for hydroxylation is 2. The average molecular weight is 273 g/mol. The van der Waals surface area contributed by atoms with Crippen molar-refractivity contribution in [3.8, 4) is 5.75 Å². The predicted octanol–water partition coefficient (Wildman–Crippen LogP) is 2.09. The second-order valence-corrected chi connectivity index (χ2v) is 5.04. The number of hydrogen-bond acceptors (Lipinski definition) is 3. The molecule has 2 heterocycles. The number of amides is 1. The van der Waals surface area contributed by atoms with Crippen LogP contribution in [0.2, 0.25) is 0 Å². The molecule has 1 amide bonds. The molecule has 5 nitrogen and oxygen atoms in total. The summed E-state index contributed by atoms with van der Waals surface area (Å²) in [4.78, 5) is 18.1. The van der Waals surface area contributed by atoms with E-state index in [0.717, 1.165) is 11.4 Å². The van der Waals surface area contributed by atoms with Crippen LogP contribution < -0.4 is 0 Å².